The average molecular weight is 311 g/mol. The molecule has 0 aliphatic carbocycles. The van der Waals surface area contributed by atoms with Gasteiger partial charge in [-0.25, -0.2) is 9.37 Å². The molecule has 4 rings (SSSR count). The van der Waals surface area contributed by atoms with Crippen LogP contribution in [0.4, 0.5) is 4.39 Å². The largest absolute Gasteiger partial charge is 0.392 e. The Morgan fingerprint density at radius 3 is 2.78 bits per heavy atom. The van der Waals surface area contributed by atoms with Gasteiger partial charge in [-0.3, -0.25) is 4.90 Å². The Morgan fingerprint density at radius 1 is 1.17 bits per heavy atom. The van der Waals surface area contributed by atoms with Crippen molar-refractivity contribution in [3.8, 4) is 0 Å². The minimum Gasteiger partial charge on any atom is -0.392 e. The molecule has 5 heteroatoms. The molecular formula is C18H18FN3O. The minimum absolute atomic E-state index is 0.0930. The molecule has 2 atom stereocenters. The molecule has 118 valence electrons. The number of aliphatic hydroxyl groups excluding tert-OH is 1. The quantitative estimate of drug-likeness (QED) is 0.808. The number of fused-ring (bicyclic) bond motifs is 1. The van der Waals surface area contributed by atoms with E-state index in [1.807, 2.05) is 35.0 Å². The third-order valence-corrected chi connectivity index (χ3v) is 4.42. The number of likely N-dealkylation sites (tertiary alicyclic amines) is 1. The van der Waals surface area contributed by atoms with E-state index in [4.69, 9.17) is 0 Å². The molecule has 23 heavy (non-hydrogen) atoms. The van der Waals surface area contributed by atoms with Crippen LogP contribution >= 0.6 is 0 Å². The molecule has 1 aliphatic rings. The van der Waals surface area contributed by atoms with Crippen LogP contribution in [-0.4, -0.2) is 32.0 Å². The molecule has 0 bridgehead atoms. The molecule has 0 spiro atoms. The van der Waals surface area contributed by atoms with E-state index in [0.717, 1.165) is 16.9 Å². The molecule has 1 N–H and O–H groups in total. The summed E-state index contributed by atoms with van der Waals surface area (Å²) in [5.74, 6) is -0.237. The highest BCUT2D eigenvalue weighted by atomic mass is 19.1. The Bertz CT molecular complexity index is 782. The topological polar surface area (TPSA) is 40.8 Å². The molecule has 1 saturated heterocycles. The first kappa shape index (κ1) is 14.4. The number of imidazole rings is 1. The van der Waals surface area contributed by atoms with Crippen LogP contribution in [0.5, 0.6) is 0 Å². The summed E-state index contributed by atoms with van der Waals surface area (Å²) in [6.45, 7) is 1.27. The number of nitrogens with zero attached hydrogens (tertiary/aromatic N) is 3. The summed E-state index contributed by atoms with van der Waals surface area (Å²) in [4.78, 5) is 6.83. The van der Waals surface area contributed by atoms with E-state index in [1.165, 1.54) is 12.1 Å². The van der Waals surface area contributed by atoms with Crippen molar-refractivity contribution in [3.05, 3.63) is 71.9 Å². The molecule has 0 unspecified atom stereocenters. The van der Waals surface area contributed by atoms with E-state index in [1.54, 1.807) is 12.1 Å². The van der Waals surface area contributed by atoms with Gasteiger partial charge in [0.25, 0.3) is 0 Å². The normalized spacial score (nSPS) is 22.0. The van der Waals surface area contributed by atoms with Crippen molar-refractivity contribution in [1.29, 1.82) is 0 Å². The van der Waals surface area contributed by atoms with Gasteiger partial charge >= 0.3 is 0 Å². The van der Waals surface area contributed by atoms with E-state index in [0.29, 0.717) is 19.5 Å². The Hall–Kier alpha value is -2.24. The third-order valence-electron chi connectivity index (χ3n) is 4.42. The summed E-state index contributed by atoms with van der Waals surface area (Å²) >= 11 is 0. The Kier molecular flexibility index (Phi) is 3.59. The van der Waals surface area contributed by atoms with Crippen LogP contribution in [0.2, 0.25) is 0 Å². The minimum atomic E-state index is -0.359. The van der Waals surface area contributed by atoms with Crippen molar-refractivity contribution in [1.82, 2.24) is 14.3 Å². The van der Waals surface area contributed by atoms with Crippen molar-refractivity contribution < 1.29 is 9.50 Å². The van der Waals surface area contributed by atoms with E-state index in [9.17, 15) is 9.50 Å². The van der Waals surface area contributed by atoms with Crippen LogP contribution in [-0.2, 0) is 6.54 Å². The zero-order valence-electron chi connectivity index (χ0n) is 12.6. The van der Waals surface area contributed by atoms with Crippen LogP contribution in [0, 0.1) is 5.82 Å². The fourth-order valence-corrected chi connectivity index (χ4v) is 3.36. The summed E-state index contributed by atoms with van der Waals surface area (Å²) in [6.07, 6.45) is 4.30. The van der Waals surface area contributed by atoms with Gasteiger partial charge in [-0.05, 0) is 36.2 Å². The standard InChI is InChI=1S/C18H18FN3O/c19-14-6-4-13(5-7-14)17-9-16(23)12-22(17)11-15-10-21-8-2-1-3-18(21)20-15/h1-8,10,16-17,23H,9,11-12H2/t16-,17-/m1/s1. The van der Waals surface area contributed by atoms with E-state index in [-0.39, 0.29) is 18.0 Å². The van der Waals surface area contributed by atoms with Gasteiger partial charge in [0.15, 0.2) is 0 Å². The molecule has 3 heterocycles. The summed E-state index contributed by atoms with van der Waals surface area (Å²) in [5.41, 5.74) is 2.92. The molecule has 4 nitrogen and oxygen atoms in total. The SMILES string of the molecule is O[C@@H]1C[C@H](c2ccc(F)cc2)N(Cc2cn3ccccc3n2)C1. The fourth-order valence-electron chi connectivity index (χ4n) is 3.36. The molecule has 0 amide bonds. The Morgan fingerprint density at radius 2 is 2.00 bits per heavy atom. The number of aliphatic hydroxyl groups is 1. The maximum Gasteiger partial charge on any atom is 0.137 e. The van der Waals surface area contributed by atoms with Crippen molar-refractivity contribution in [2.75, 3.05) is 6.54 Å². The lowest BCUT2D eigenvalue weighted by atomic mass is 10.0. The predicted molar refractivity (Wildman–Crippen MR) is 85.4 cm³/mol. The van der Waals surface area contributed by atoms with Gasteiger partial charge in [0.2, 0.25) is 0 Å². The molecule has 1 aliphatic heterocycles. The van der Waals surface area contributed by atoms with Gasteiger partial charge in [0.05, 0.1) is 11.8 Å². The van der Waals surface area contributed by atoms with Crippen molar-refractivity contribution in [3.63, 3.8) is 0 Å². The Labute approximate surface area is 133 Å². The molecular weight excluding hydrogens is 293 g/mol. The first-order valence-corrected chi connectivity index (χ1v) is 7.79. The van der Waals surface area contributed by atoms with E-state index in [2.05, 4.69) is 9.88 Å². The van der Waals surface area contributed by atoms with Gasteiger partial charge in [-0.15, -0.1) is 0 Å². The fraction of sp³-hybridized carbons (Fsp3) is 0.278. The number of rotatable bonds is 3. The first-order chi connectivity index (χ1) is 11.2. The highest BCUT2D eigenvalue weighted by molar-refractivity contribution is 5.39. The number of hydrogen-bond donors (Lipinski definition) is 1. The van der Waals surface area contributed by atoms with Crippen LogP contribution in [0.1, 0.15) is 23.7 Å². The van der Waals surface area contributed by atoms with Gasteiger partial charge in [0, 0.05) is 31.5 Å². The second-order valence-corrected chi connectivity index (χ2v) is 6.08. The van der Waals surface area contributed by atoms with E-state index < -0.39 is 0 Å². The molecule has 0 saturated carbocycles. The summed E-state index contributed by atoms with van der Waals surface area (Å²) < 4.78 is 15.1. The Balaban J connectivity index is 1.59. The number of aromatic nitrogens is 2. The molecule has 1 aromatic carbocycles. The summed E-state index contributed by atoms with van der Waals surface area (Å²) in [6, 6.07) is 12.6. The number of hydrogen-bond acceptors (Lipinski definition) is 3. The number of halogens is 1. The second kappa shape index (κ2) is 5.76. The van der Waals surface area contributed by atoms with Gasteiger partial charge in [-0.1, -0.05) is 18.2 Å². The second-order valence-electron chi connectivity index (χ2n) is 6.08. The third kappa shape index (κ3) is 2.85. The van der Waals surface area contributed by atoms with Gasteiger partial charge in [0.1, 0.15) is 11.5 Å². The maximum atomic E-state index is 13.1. The summed E-state index contributed by atoms with van der Waals surface area (Å²) in [5, 5.41) is 10.1. The number of benzene rings is 1. The highest BCUT2D eigenvalue weighted by Gasteiger charge is 2.32. The van der Waals surface area contributed by atoms with Crippen LogP contribution in [0.3, 0.4) is 0 Å². The smallest absolute Gasteiger partial charge is 0.137 e. The van der Waals surface area contributed by atoms with Crippen molar-refractivity contribution in [2.45, 2.75) is 25.1 Å². The van der Waals surface area contributed by atoms with Crippen LogP contribution < -0.4 is 0 Å². The molecule has 0 radical (unpaired) electrons. The molecule has 2 aromatic heterocycles. The van der Waals surface area contributed by atoms with E-state index >= 15 is 0 Å². The lowest BCUT2D eigenvalue weighted by Crippen LogP contribution is -2.24. The number of β-amino-alcohol motifs (C(OH)–C–C–N with tert-alkyl or cyclic N) is 1. The summed E-state index contributed by atoms with van der Waals surface area (Å²) in [7, 11) is 0. The maximum absolute atomic E-state index is 13.1. The van der Waals surface area contributed by atoms with Gasteiger partial charge in [-0.2, -0.15) is 0 Å². The molecule has 1 fully saturated rings. The lowest BCUT2D eigenvalue weighted by molar-refractivity contribution is 0.172. The number of pyridine rings is 1. The van der Waals surface area contributed by atoms with Crippen molar-refractivity contribution >= 4 is 5.65 Å². The van der Waals surface area contributed by atoms with Gasteiger partial charge < -0.3 is 9.51 Å². The predicted octanol–water partition coefficient (Wildman–Crippen LogP) is 2.78. The first-order valence-electron chi connectivity index (χ1n) is 7.79. The lowest BCUT2D eigenvalue weighted by Gasteiger charge is -2.23. The molecule has 3 aromatic rings. The van der Waals surface area contributed by atoms with Crippen LogP contribution in [0.15, 0.2) is 54.9 Å². The zero-order chi connectivity index (χ0) is 15.8. The zero-order valence-corrected chi connectivity index (χ0v) is 12.6. The monoisotopic (exact) mass is 311 g/mol. The average Bonchev–Trinajstić information content (AvgIpc) is 3.11. The highest BCUT2D eigenvalue weighted by Crippen LogP contribution is 2.33. The van der Waals surface area contributed by atoms with Crippen LogP contribution in [0.25, 0.3) is 5.65 Å². The van der Waals surface area contributed by atoms with Crippen molar-refractivity contribution in [2.24, 2.45) is 0 Å².